The fourth-order valence-electron chi connectivity index (χ4n) is 1.80. The van der Waals surface area contributed by atoms with E-state index >= 15 is 0 Å². The Balaban J connectivity index is 1.79. The molecule has 0 aliphatic carbocycles. The van der Waals surface area contributed by atoms with E-state index in [9.17, 15) is 0 Å². The lowest BCUT2D eigenvalue weighted by Gasteiger charge is -2.04. The molecule has 0 saturated heterocycles. The molecule has 1 aromatic carbocycles. The summed E-state index contributed by atoms with van der Waals surface area (Å²) in [6, 6.07) is 10.2. The van der Waals surface area contributed by atoms with E-state index in [1.807, 2.05) is 36.7 Å². The highest BCUT2D eigenvalue weighted by molar-refractivity contribution is 7.22. The Morgan fingerprint density at radius 3 is 2.94 bits per heavy atom. The third-order valence-electron chi connectivity index (χ3n) is 2.87. The van der Waals surface area contributed by atoms with Crippen molar-refractivity contribution in [1.82, 2.24) is 9.97 Å². The summed E-state index contributed by atoms with van der Waals surface area (Å²) in [5, 5.41) is 4.32. The van der Waals surface area contributed by atoms with E-state index in [0.29, 0.717) is 0 Å². The van der Waals surface area contributed by atoms with Gasteiger partial charge in [0.25, 0.3) is 0 Å². The molecule has 0 aliphatic heterocycles. The number of para-hydroxylation sites is 1. The number of benzene rings is 1. The first-order valence-electron chi connectivity index (χ1n) is 5.82. The molecule has 2 heterocycles. The molecular formula is C14H13N3S. The summed E-state index contributed by atoms with van der Waals surface area (Å²) in [5.74, 6) is 0. The van der Waals surface area contributed by atoms with Crippen LogP contribution in [0, 0.1) is 6.92 Å². The van der Waals surface area contributed by atoms with Gasteiger partial charge in [-0.3, -0.25) is 4.98 Å². The summed E-state index contributed by atoms with van der Waals surface area (Å²) < 4.78 is 1.21. The second kappa shape index (κ2) is 4.74. The predicted molar refractivity (Wildman–Crippen MR) is 75.9 cm³/mol. The van der Waals surface area contributed by atoms with Gasteiger partial charge < -0.3 is 5.32 Å². The molecule has 0 saturated carbocycles. The highest BCUT2D eigenvalue weighted by atomic mass is 32.1. The molecule has 3 nitrogen and oxygen atoms in total. The Morgan fingerprint density at radius 2 is 2.11 bits per heavy atom. The van der Waals surface area contributed by atoms with Crippen molar-refractivity contribution in [3.05, 3.63) is 53.9 Å². The molecule has 0 amide bonds. The number of hydrogen-bond acceptors (Lipinski definition) is 4. The lowest BCUT2D eigenvalue weighted by atomic mass is 10.2. The summed E-state index contributed by atoms with van der Waals surface area (Å²) in [5.41, 5.74) is 3.50. The number of nitrogens with zero attached hydrogens (tertiary/aromatic N) is 2. The number of aryl methyl sites for hydroxylation is 1. The van der Waals surface area contributed by atoms with Crippen LogP contribution in [0.1, 0.15) is 11.1 Å². The van der Waals surface area contributed by atoms with Crippen LogP contribution in [-0.2, 0) is 6.54 Å². The highest BCUT2D eigenvalue weighted by Crippen LogP contribution is 2.25. The van der Waals surface area contributed by atoms with E-state index in [1.165, 1.54) is 15.8 Å². The van der Waals surface area contributed by atoms with Crippen molar-refractivity contribution >= 4 is 26.7 Å². The number of rotatable bonds is 3. The van der Waals surface area contributed by atoms with Gasteiger partial charge in [0, 0.05) is 18.9 Å². The molecule has 0 aliphatic rings. The first-order valence-corrected chi connectivity index (χ1v) is 6.63. The fraction of sp³-hybridized carbons (Fsp3) is 0.143. The molecule has 0 unspecified atom stereocenters. The van der Waals surface area contributed by atoms with Crippen molar-refractivity contribution in [3.63, 3.8) is 0 Å². The van der Waals surface area contributed by atoms with Crippen LogP contribution in [-0.4, -0.2) is 9.97 Å². The molecule has 0 radical (unpaired) electrons. The third-order valence-corrected chi connectivity index (χ3v) is 3.87. The van der Waals surface area contributed by atoms with Crippen LogP contribution in [0.4, 0.5) is 5.13 Å². The van der Waals surface area contributed by atoms with Crippen LogP contribution in [0.2, 0.25) is 0 Å². The molecule has 18 heavy (non-hydrogen) atoms. The number of nitrogens with one attached hydrogen (secondary N) is 1. The zero-order chi connectivity index (χ0) is 12.4. The topological polar surface area (TPSA) is 37.8 Å². The van der Waals surface area contributed by atoms with Gasteiger partial charge in [-0.1, -0.05) is 23.5 Å². The standard InChI is InChI=1S/C14H13N3S/c1-10-6-7-15-8-11(10)9-16-14-17-12-4-2-3-5-13(12)18-14/h2-8H,9H2,1H3,(H,16,17). The smallest absolute Gasteiger partial charge is 0.184 e. The number of fused-ring (bicyclic) bond motifs is 1. The zero-order valence-corrected chi connectivity index (χ0v) is 10.9. The number of anilines is 1. The van der Waals surface area contributed by atoms with E-state index in [4.69, 9.17) is 0 Å². The average molecular weight is 255 g/mol. The van der Waals surface area contributed by atoms with Crippen LogP contribution in [0.15, 0.2) is 42.7 Å². The van der Waals surface area contributed by atoms with E-state index in [2.05, 4.69) is 28.3 Å². The van der Waals surface area contributed by atoms with E-state index in [-0.39, 0.29) is 0 Å². The largest absolute Gasteiger partial charge is 0.357 e. The molecule has 1 N–H and O–H groups in total. The van der Waals surface area contributed by atoms with Crippen LogP contribution < -0.4 is 5.32 Å². The third kappa shape index (κ3) is 2.19. The summed E-state index contributed by atoms with van der Waals surface area (Å²) in [6.45, 7) is 2.86. The minimum atomic E-state index is 0.763. The molecule has 0 atom stereocenters. The molecule has 0 spiro atoms. The minimum absolute atomic E-state index is 0.763. The number of aromatic nitrogens is 2. The van der Waals surface area contributed by atoms with Crippen LogP contribution in [0.25, 0.3) is 10.2 Å². The van der Waals surface area contributed by atoms with Gasteiger partial charge in [-0.2, -0.15) is 0 Å². The van der Waals surface area contributed by atoms with Crippen molar-refractivity contribution in [3.8, 4) is 0 Å². The second-order valence-corrected chi connectivity index (χ2v) is 5.17. The van der Waals surface area contributed by atoms with Gasteiger partial charge in [0.05, 0.1) is 10.2 Å². The molecular weight excluding hydrogens is 242 g/mol. The molecule has 4 heteroatoms. The lowest BCUT2D eigenvalue weighted by Crippen LogP contribution is -2.01. The van der Waals surface area contributed by atoms with E-state index < -0.39 is 0 Å². The van der Waals surface area contributed by atoms with Crippen molar-refractivity contribution in [1.29, 1.82) is 0 Å². The molecule has 90 valence electrons. The van der Waals surface area contributed by atoms with Crippen molar-refractivity contribution < 1.29 is 0 Å². The van der Waals surface area contributed by atoms with Crippen LogP contribution in [0.3, 0.4) is 0 Å². The summed E-state index contributed by atoms with van der Waals surface area (Å²) in [6.07, 6.45) is 3.71. The minimum Gasteiger partial charge on any atom is -0.357 e. The van der Waals surface area contributed by atoms with Crippen LogP contribution >= 0.6 is 11.3 Å². The lowest BCUT2D eigenvalue weighted by molar-refractivity contribution is 1.08. The predicted octanol–water partition coefficient (Wildman–Crippen LogP) is 3.61. The quantitative estimate of drug-likeness (QED) is 0.777. The van der Waals surface area contributed by atoms with Crippen LogP contribution in [0.5, 0.6) is 0 Å². The SMILES string of the molecule is Cc1ccncc1CNc1nc2ccccc2s1. The molecule has 3 aromatic rings. The Morgan fingerprint density at radius 1 is 1.22 bits per heavy atom. The van der Waals surface area contributed by atoms with Gasteiger partial charge >= 0.3 is 0 Å². The molecule has 2 aromatic heterocycles. The maximum Gasteiger partial charge on any atom is 0.184 e. The van der Waals surface area contributed by atoms with Crippen molar-refractivity contribution in [2.45, 2.75) is 13.5 Å². The number of thiazole rings is 1. The number of hydrogen-bond donors (Lipinski definition) is 1. The molecule has 0 bridgehead atoms. The summed E-state index contributed by atoms with van der Waals surface area (Å²) >= 11 is 1.68. The van der Waals surface area contributed by atoms with Gasteiger partial charge in [-0.25, -0.2) is 4.98 Å². The number of pyridine rings is 1. The molecule has 3 rings (SSSR count). The normalized spacial score (nSPS) is 10.7. The first-order chi connectivity index (χ1) is 8.83. The van der Waals surface area contributed by atoms with E-state index in [0.717, 1.165) is 17.2 Å². The maximum atomic E-state index is 4.54. The van der Waals surface area contributed by atoms with Gasteiger partial charge in [-0.15, -0.1) is 0 Å². The average Bonchev–Trinajstić information content (AvgIpc) is 2.80. The maximum absolute atomic E-state index is 4.54. The first kappa shape index (κ1) is 11.2. The monoisotopic (exact) mass is 255 g/mol. The Hall–Kier alpha value is -1.94. The second-order valence-electron chi connectivity index (χ2n) is 4.14. The van der Waals surface area contributed by atoms with Crippen molar-refractivity contribution in [2.24, 2.45) is 0 Å². The zero-order valence-electron chi connectivity index (χ0n) is 10.1. The van der Waals surface area contributed by atoms with Gasteiger partial charge in [-0.05, 0) is 36.2 Å². The van der Waals surface area contributed by atoms with Gasteiger partial charge in [0.15, 0.2) is 5.13 Å². The Kier molecular flexibility index (Phi) is 2.94. The van der Waals surface area contributed by atoms with Gasteiger partial charge in [0.2, 0.25) is 0 Å². The van der Waals surface area contributed by atoms with Gasteiger partial charge in [0.1, 0.15) is 0 Å². The Bertz CT molecular complexity index is 642. The summed E-state index contributed by atoms with van der Waals surface area (Å²) in [4.78, 5) is 8.69. The Labute approximate surface area is 110 Å². The van der Waals surface area contributed by atoms with E-state index in [1.54, 1.807) is 11.3 Å². The summed E-state index contributed by atoms with van der Waals surface area (Å²) in [7, 11) is 0. The molecule has 0 fully saturated rings. The van der Waals surface area contributed by atoms with Crippen molar-refractivity contribution in [2.75, 3.05) is 5.32 Å². The highest BCUT2D eigenvalue weighted by Gasteiger charge is 2.03. The fourth-order valence-corrected chi connectivity index (χ4v) is 2.66.